The Balaban J connectivity index is 2.19. The van der Waals surface area contributed by atoms with Gasteiger partial charge in [0.05, 0.1) is 0 Å². The fourth-order valence-corrected chi connectivity index (χ4v) is 1.71. The number of hydrogen-bond donors (Lipinski definition) is 3. The number of H-pyrrole nitrogens is 1. The number of nitrogens with one attached hydrogen (secondary N) is 2. The number of hydrogen-bond acceptors (Lipinski definition) is 2. The smallest absolute Gasteiger partial charge is 0.216 e. The number of rotatable bonds is 3. The van der Waals surface area contributed by atoms with Crippen LogP contribution in [0.15, 0.2) is 24.4 Å². The summed E-state index contributed by atoms with van der Waals surface area (Å²) >= 11 is 0. The number of carbonyl (C=O) groups excluding carboxylic acids is 1. The molecule has 16 heavy (non-hydrogen) atoms. The molecule has 0 saturated heterocycles. The fraction of sp³-hybridized carbons (Fsp3) is 0.250. The molecule has 1 amide bonds. The summed E-state index contributed by atoms with van der Waals surface area (Å²) in [6, 6.07) is 5.11. The Morgan fingerprint density at radius 3 is 3.19 bits per heavy atom. The van der Waals surface area contributed by atoms with Gasteiger partial charge < -0.3 is 15.4 Å². The lowest BCUT2D eigenvalue weighted by Gasteiger charge is -2.01. The van der Waals surface area contributed by atoms with E-state index < -0.39 is 0 Å². The minimum absolute atomic E-state index is 0.215. The first-order valence-electron chi connectivity index (χ1n) is 5.58. The molecule has 0 fully saturated rings. The van der Waals surface area contributed by atoms with E-state index in [1.807, 2.05) is 6.20 Å². The molecule has 0 bridgehead atoms. The van der Waals surface area contributed by atoms with Crippen LogP contribution in [0.1, 0.15) is 12.5 Å². The van der Waals surface area contributed by atoms with E-state index in [0.29, 0.717) is 13.0 Å². The maximum absolute atomic E-state index is 10.9. The summed E-state index contributed by atoms with van der Waals surface area (Å²) in [5.41, 5.74) is 1.94. The van der Waals surface area contributed by atoms with Crippen LogP contribution < -0.4 is 5.31 Å². The van der Waals surface area contributed by atoms with E-state index >= 15 is 0 Å². The number of phenolic OH excluding ortho intramolecular Hbond substituents is 1. The first-order valence-corrected chi connectivity index (χ1v) is 5.14. The van der Waals surface area contributed by atoms with Crippen LogP contribution in [0.4, 0.5) is 0 Å². The molecule has 2 rings (SSSR count). The molecule has 2 aromatic rings. The number of fused-ring (bicyclic) bond motifs is 1. The maximum Gasteiger partial charge on any atom is 0.216 e. The maximum atomic E-state index is 10.9. The van der Waals surface area contributed by atoms with Gasteiger partial charge in [-0.2, -0.15) is 0 Å². The number of aromatic amines is 1. The van der Waals surface area contributed by atoms with Crippen LogP contribution in [-0.2, 0) is 11.2 Å². The van der Waals surface area contributed by atoms with E-state index in [-0.39, 0.29) is 11.7 Å². The van der Waals surface area contributed by atoms with Crippen molar-refractivity contribution in [2.45, 2.75) is 13.3 Å². The van der Waals surface area contributed by atoms with Gasteiger partial charge in [0.2, 0.25) is 5.91 Å². The number of phenols is 1. The van der Waals surface area contributed by atoms with Crippen molar-refractivity contribution < 1.29 is 11.3 Å². The Kier molecular flexibility index (Phi) is 2.47. The van der Waals surface area contributed by atoms with Gasteiger partial charge in [0.1, 0.15) is 5.75 Å². The van der Waals surface area contributed by atoms with Gasteiger partial charge >= 0.3 is 0 Å². The van der Waals surface area contributed by atoms with Crippen LogP contribution in [0.5, 0.6) is 5.75 Å². The molecule has 0 aliphatic heterocycles. The third kappa shape index (κ3) is 2.16. The first-order chi connectivity index (χ1) is 8.08. The molecule has 0 spiro atoms. The van der Waals surface area contributed by atoms with Crippen molar-refractivity contribution in [2.24, 2.45) is 0 Å². The Morgan fingerprint density at radius 1 is 1.62 bits per heavy atom. The topological polar surface area (TPSA) is 65.1 Å². The van der Waals surface area contributed by atoms with Gasteiger partial charge in [-0.25, -0.2) is 0 Å². The van der Waals surface area contributed by atoms with Crippen molar-refractivity contribution in [2.75, 3.05) is 6.54 Å². The number of aromatic nitrogens is 1. The van der Waals surface area contributed by atoms with Gasteiger partial charge in [-0.1, -0.05) is 0 Å². The van der Waals surface area contributed by atoms with Gasteiger partial charge in [0.15, 0.2) is 1.41 Å². The molecule has 0 radical (unpaired) electrons. The number of amides is 1. The van der Waals surface area contributed by atoms with Crippen LogP contribution in [0, 0.1) is 0 Å². The second kappa shape index (κ2) is 4.26. The second-order valence-corrected chi connectivity index (χ2v) is 3.69. The average molecular weight is 219 g/mol. The zero-order valence-electron chi connectivity index (χ0n) is 10.0. The highest BCUT2D eigenvalue weighted by Gasteiger charge is 2.04. The van der Waals surface area contributed by atoms with Crippen molar-refractivity contribution in [3.63, 3.8) is 0 Å². The zero-order chi connectivity index (χ0) is 12.4. The van der Waals surface area contributed by atoms with Crippen LogP contribution in [-0.4, -0.2) is 22.5 Å². The summed E-state index contributed by atoms with van der Waals surface area (Å²) in [5, 5.41) is 11.3. The van der Waals surface area contributed by atoms with E-state index in [1.165, 1.54) is 6.92 Å². The van der Waals surface area contributed by atoms with Crippen molar-refractivity contribution in [1.29, 1.82) is 0 Å². The van der Waals surface area contributed by atoms with Crippen LogP contribution in [0.25, 0.3) is 10.9 Å². The number of aromatic hydroxyl groups is 1. The van der Waals surface area contributed by atoms with E-state index in [2.05, 4.69) is 4.98 Å². The van der Waals surface area contributed by atoms with Gasteiger partial charge in [0, 0.05) is 30.6 Å². The Hall–Kier alpha value is -1.97. The molecule has 1 aromatic carbocycles. The minimum atomic E-state index is -0.271. The van der Waals surface area contributed by atoms with E-state index in [1.54, 1.807) is 18.2 Å². The summed E-state index contributed by atoms with van der Waals surface area (Å²) in [5.74, 6) is -0.0552. The Morgan fingerprint density at radius 2 is 2.44 bits per heavy atom. The van der Waals surface area contributed by atoms with Gasteiger partial charge in [0.25, 0.3) is 0 Å². The molecular formula is C12H14N2O2. The molecule has 4 nitrogen and oxygen atoms in total. The largest absolute Gasteiger partial charge is 0.508 e. The molecule has 3 N–H and O–H groups in total. The summed E-state index contributed by atoms with van der Waals surface area (Å²) in [6.45, 7) is 1.71. The number of carbonyl (C=O) groups is 1. The predicted octanol–water partition coefficient (Wildman–Crippen LogP) is 1.55. The standard InChI is InChI=1S/C12H14N2O2/c1-8(15)13-5-4-9-7-14-12-3-2-10(16)6-11(9)12/h2-3,6-7,14,16H,4-5H2,1H3,(H,13,15)/i/hD. The van der Waals surface area contributed by atoms with E-state index in [9.17, 15) is 9.90 Å². The third-order valence-electron chi connectivity index (χ3n) is 2.47. The molecule has 4 heteroatoms. The SMILES string of the molecule is [2H]N(CCc1c[nH]c2ccc(O)cc12)C(C)=O. The normalized spacial score (nSPS) is 11.4. The highest BCUT2D eigenvalue weighted by molar-refractivity contribution is 5.84. The number of benzene rings is 1. The summed E-state index contributed by atoms with van der Waals surface area (Å²) in [4.78, 5) is 14.0. The fourth-order valence-electron chi connectivity index (χ4n) is 1.71. The molecule has 1 aromatic heterocycles. The minimum Gasteiger partial charge on any atom is -0.508 e. The van der Waals surface area contributed by atoms with Gasteiger partial charge in [-0.05, 0) is 30.2 Å². The third-order valence-corrected chi connectivity index (χ3v) is 2.47. The van der Waals surface area contributed by atoms with E-state index in [4.69, 9.17) is 1.41 Å². The van der Waals surface area contributed by atoms with Crippen molar-refractivity contribution in [3.8, 4) is 5.75 Å². The predicted molar refractivity (Wildman–Crippen MR) is 62.4 cm³/mol. The molecule has 0 unspecified atom stereocenters. The highest BCUT2D eigenvalue weighted by Crippen LogP contribution is 2.22. The average Bonchev–Trinajstić information content (AvgIpc) is 2.68. The molecule has 0 saturated carbocycles. The molecule has 1 heterocycles. The van der Waals surface area contributed by atoms with E-state index in [0.717, 1.165) is 21.8 Å². The van der Waals surface area contributed by atoms with Gasteiger partial charge in [-0.3, -0.25) is 4.79 Å². The van der Waals surface area contributed by atoms with Crippen LogP contribution in [0.2, 0.25) is 1.41 Å². The first kappa shape index (κ1) is 9.27. The van der Waals surface area contributed by atoms with Crippen LogP contribution >= 0.6 is 0 Å². The highest BCUT2D eigenvalue weighted by atomic mass is 16.3. The zero-order valence-corrected chi connectivity index (χ0v) is 9.03. The molecule has 0 aliphatic rings. The van der Waals surface area contributed by atoms with Gasteiger partial charge in [-0.15, -0.1) is 0 Å². The van der Waals surface area contributed by atoms with Crippen molar-refractivity contribution >= 4 is 16.8 Å². The van der Waals surface area contributed by atoms with Crippen molar-refractivity contribution in [3.05, 3.63) is 30.0 Å². The Bertz CT molecular complexity index is 550. The lowest BCUT2D eigenvalue weighted by Crippen LogP contribution is -2.22. The van der Waals surface area contributed by atoms with Crippen LogP contribution in [0.3, 0.4) is 0 Å². The lowest BCUT2D eigenvalue weighted by molar-refractivity contribution is -0.118. The molecular weight excluding hydrogens is 204 g/mol. The molecule has 0 atom stereocenters. The summed E-state index contributed by atoms with van der Waals surface area (Å²) < 4.78 is 7.40. The van der Waals surface area contributed by atoms with Crippen molar-refractivity contribution in [1.82, 2.24) is 10.3 Å². The quantitative estimate of drug-likeness (QED) is 0.733. The summed E-state index contributed by atoms with van der Waals surface area (Å²) in [6.07, 6.45) is 2.44. The molecule has 0 aliphatic carbocycles. The second-order valence-electron chi connectivity index (χ2n) is 3.69. The molecule has 84 valence electrons. The lowest BCUT2D eigenvalue weighted by atomic mass is 10.1. The summed E-state index contributed by atoms with van der Waals surface area (Å²) in [7, 11) is 0. The monoisotopic (exact) mass is 219 g/mol. The Labute approximate surface area is 94.8 Å².